The molecule has 17 heavy (non-hydrogen) atoms. The molecule has 0 spiro atoms. The van der Waals surface area contributed by atoms with Gasteiger partial charge in [-0.3, -0.25) is 19.5 Å². The molecule has 0 radical (unpaired) electrons. The summed E-state index contributed by atoms with van der Waals surface area (Å²) < 4.78 is 1.45. The maximum atomic E-state index is 12.0. The summed E-state index contributed by atoms with van der Waals surface area (Å²) in [7, 11) is 0. The van der Waals surface area contributed by atoms with Gasteiger partial charge < -0.3 is 0 Å². The molecule has 0 unspecified atom stereocenters. The van der Waals surface area contributed by atoms with E-state index in [9.17, 15) is 14.9 Å². The van der Waals surface area contributed by atoms with Crippen LogP contribution in [0.4, 0.5) is 5.69 Å². The van der Waals surface area contributed by atoms with Crippen LogP contribution in [0, 0.1) is 10.1 Å². The first-order chi connectivity index (χ1) is 8.00. The molecular formula is C11H11N3O3. The lowest BCUT2D eigenvalue weighted by atomic mass is 10.2. The zero-order valence-electron chi connectivity index (χ0n) is 9.45. The third-order valence-corrected chi connectivity index (χ3v) is 2.53. The quantitative estimate of drug-likeness (QED) is 0.586. The topological polar surface area (TPSA) is 78.0 Å². The molecule has 88 valence electrons. The smallest absolute Gasteiger partial charge is 0.270 e. The van der Waals surface area contributed by atoms with Gasteiger partial charge in [0.05, 0.1) is 22.2 Å². The van der Waals surface area contributed by atoms with E-state index in [1.165, 1.54) is 29.1 Å². The predicted octanol–water partition coefficient (Wildman–Crippen LogP) is 1.89. The number of non-ortho nitro benzene ring substituents is 1. The minimum absolute atomic E-state index is 0.0290. The zero-order chi connectivity index (χ0) is 12.6. The van der Waals surface area contributed by atoms with Gasteiger partial charge in [-0.05, 0) is 19.9 Å². The third kappa shape index (κ3) is 1.89. The summed E-state index contributed by atoms with van der Waals surface area (Å²) in [5.74, 6) is 0. The Morgan fingerprint density at radius 3 is 2.71 bits per heavy atom. The fourth-order valence-corrected chi connectivity index (χ4v) is 1.61. The van der Waals surface area contributed by atoms with Crippen molar-refractivity contribution in [1.82, 2.24) is 9.55 Å². The molecule has 0 saturated heterocycles. The fourth-order valence-electron chi connectivity index (χ4n) is 1.61. The van der Waals surface area contributed by atoms with Crippen LogP contribution in [0.1, 0.15) is 19.9 Å². The second-order valence-electron chi connectivity index (χ2n) is 4.01. The Labute approximate surface area is 96.7 Å². The van der Waals surface area contributed by atoms with Crippen molar-refractivity contribution in [3.05, 3.63) is 45.0 Å². The van der Waals surface area contributed by atoms with Crippen molar-refractivity contribution in [3.8, 4) is 0 Å². The van der Waals surface area contributed by atoms with E-state index in [2.05, 4.69) is 4.98 Å². The van der Waals surface area contributed by atoms with Gasteiger partial charge in [0.1, 0.15) is 0 Å². The van der Waals surface area contributed by atoms with Crippen molar-refractivity contribution in [2.75, 3.05) is 0 Å². The van der Waals surface area contributed by atoms with Crippen molar-refractivity contribution in [2.24, 2.45) is 0 Å². The van der Waals surface area contributed by atoms with E-state index in [0.29, 0.717) is 5.52 Å². The predicted molar refractivity (Wildman–Crippen MR) is 63.0 cm³/mol. The van der Waals surface area contributed by atoms with Gasteiger partial charge in [-0.25, -0.2) is 4.98 Å². The molecule has 0 aliphatic heterocycles. The van der Waals surface area contributed by atoms with E-state index in [1.54, 1.807) is 0 Å². The molecule has 0 aliphatic carbocycles. The highest BCUT2D eigenvalue weighted by atomic mass is 16.6. The van der Waals surface area contributed by atoms with Gasteiger partial charge in [0.15, 0.2) is 0 Å². The largest absolute Gasteiger partial charge is 0.296 e. The minimum Gasteiger partial charge on any atom is -0.296 e. The maximum absolute atomic E-state index is 12.0. The minimum atomic E-state index is -0.522. The number of hydrogen-bond acceptors (Lipinski definition) is 4. The van der Waals surface area contributed by atoms with Crippen molar-refractivity contribution in [2.45, 2.75) is 19.9 Å². The molecule has 1 heterocycles. The Hall–Kier alpha value is -2.24. The van der Waals surface area contributed by atoms with Crippen LogP contribution in [0.2, 0.25) is 0 Å². The van der Waals surface area contributed by atoms with E-state index < -0.39 is 4.92 Å². The molecule has 0 N–H and O–H groups in total. The van der Waals surface area contributed by atoms with E-state index in [4.69, 9.17) is 0 Å². The van der Waals surface area contributed by atoms with Gasteiger partial charge in [-0.1, -0.05) is 0 Å². The van der Waals surface area contributed by atoms with Crippen LogP contribution >= 0.6 is 0 Å². The molecule has 6 heteroatoms. The summed E-state index contributed by atoms with van der Waals surface area (Å²) >= 11 is 0. The highest BCUT2D eigenvalue weighted by Gasteiger charge is 2.11. The molecule has 1 aromatic carbocycles. The van der Waals surface area contributed by atoms with E-state index in [1.807, 2.05) is 13.8 Å². The molecule has 0 bridgehead atoms. The number of benzene rings is 1. The van der Waals surface area contributed by atoms with Crippen LogP contribution < -0.4 is 5.56 Å². The van der Waals surface area contributed by atoms with Crippen LogP contribution in [0.5, 0.6) is 0 Å². The number of nitro groups is 1. The number of aromatic nitrogens is 2. The molecule has 0 aliphatic rings. The van der Waals surface area contributed by atoms with Gasteiger partial charge in [-0.2, -0.15) is 0 Å². The maximum Gasteiger partial charge on any atom is 0.270 e. The Kier molecular flexibility index (Phi) is 2.63. The Morgan fingerprint density at radius 1 is 1.41 bits per heavy atom. The molecule has 2 aromatic rings. The zero-order valence-corrected chi connectivity index (χ0v) is 9.45. The second kappa shape index (κ2) is 3.97. The summed E-state index contributed by atoms with van der Waals surface area (Å²) in [6.07, 6.45) is 1.46. The lowest BCUT2D eigenvalue weighted by Crippen LogP contribution is -2.22. The molecule has 2 rings (SSSR count). The fraction of sp³-hybridized carbons (Fsp3) is 0.273. The average molecular weight is 233 g/mol. The average Bonchev–Trinajstić information content (AvgIpc) is 2.28. The van der Waals surface area contributed by atoms with Gasteiger partial charge in [0.25, 0.3) is 11.2 Å². The van der Waals surface area contributed by atoms with Crippen molar-refractivity contribution in [3.63, 3.8) is 0 Å². The lowest BCUT2D eigenvalue weighted by Gasteiger charge is -2.09. The summed E-state index contributed by atoms with van der Waals surface area (Å²) in [4.78, 5) is 26.3. The van der Waals surface area contributed by atoms with Crippen LogP contribution in [0.3, 0.4) is 0 Å². The standard InChI is InChI=1S/C11H11N3O3/c1-7(2)13-6-12-10-4-3-8(14(16)17)5-9(10)11(13)15/h3-7H,1-2H3. The number of hydrogen-bond donors (Lipinski definition) is 0. The molecule has 0 atom stereocenters. The van der Waals surface area contributed by atoms with Crippen LogP contribution in [0.15, 0.2) is 29.3 Å². The van der Waals surface area contributed by atoms with Gasteiger partial charge in [0.2, 0.25) is 0 Å². The van der Waals surface area contributed by atoms with Crippen molar-refractivity contribution < 1.29 is 4.92 Å². The Balaban J connectivity index is 2.78. The van der Waals surface area contributed by atoms with Gasteiger partial charge >= 0.3 is 0 Å². The van der Waals surface area contributed by atoms with E-state index in [-0.39, 0.29) is 22.7 Å². The number of nitro benzene ring substituents is 1. The first kappa shape index (κ1) is 11.3. The summed E-state index contributed by atoms with van der Waals surface area (Å²) in [5.41, 5.74) is 0.115. The Morgan fingerprint density at radius 2 is 2.12 bits per heavy atom. The molecule has 0 saturated carbocycles. The summed E-state index contributed by atoms with van der Waals surface area (Å²) in [6, 6.07) is 4.07. The second-order valence-corrected chi connectivity index (χ2v) is 4.01. The van der Waals surface area contributed by atoms with Crippen LogP contribution in [0.25, 0.3) is 10.9 Å². The SMILES string of the molecule is CC(C)n1cnc2ccc([N+](=O)[O-])cc2c1=O. The summed E-state index contributed by atoms with van der Waals surface area (Å²) in [5, 5.41) is 10.9. The normalized spacial score (nSPS) is 11.0. The number of nitrogens with zero attached hydrogens (tertiary/aromatic N) is 3. The van der Waals surface area contributed by atoms with Crippen molar-refractivity contribution in [1.29, 1.82) is 0 Å². The van der Waals surface area contributed by atoms with Crippen molar-refractivity contribution >= 4 is 16.6 Å². The Bertz CT molecular complexity index is 646. The molecule has 0 fully saturated rings. The monoisotopic (exact) mass is 233 g/mol. The molecule has 1 aromatic heterocycles. The number of rotatable bonds is 2. The van der Waals surface area contributed by atoms with Crippen LogP contribution in [-0.2, 0) is 0 Å². The first-order valence-corrected chi connectivity index (χ1v) is 5.16. The molecular weight excluding hydrogens is 222 g/mol. The highest BCUT2D eigenvalue weighted by Crippen LogP contribution is 2.16. The number of fused-ring (bicyclic) bond motifs is 1. The molecule has 0 amide bonds. The molecule has 6 nitrogen and oxygen atoms in total. The van der Waals surface area contributed by atoms with Crippen LogP contribution in [-0.4, -0.2) is 14.5 Å². The van der Waals surface area contributed by atoms with E-state index >= 15 is 0 Å². The third-order valence-electron chi connectivity index (χ3n) is 2.53. The van der Waals surface area contributed by atoms with E-state index in [0.717, 1.165) is 0 Å². The van der Waals surface area contributed by atoms with Gasteiger partial charge in [-0.15, -0.1) is 0 Å². The summed E-state index contributed by atoms with van der Waals surface area (Å²) in [6.45, 7) is 3.71. The first-order valence-electron chi connectivity index (χ1n) is 5.16. The van der Waals surface area contributed by atoms with Gasteiger partial charge in [0, 0.05) is 18.2 Å². The highest BCUT2D eigenvalue weighted by molar-refractivity contribution is 5.79. The lowest BCUT2D eigenvalue weighted by molar-refractivity contribution is -0.384.